The van der Waals surface area contributed by atoms with Gasteiger partial charge in [-0.1, -0.05) is 230 Å². The maximum absolute atomic E-state index is 12.9. The summed E-state index contributed by atoms with van der Waals surface area (Å²) >= 11 is 0. The molecule has 9 heteroatoms. The molecule has 0 saturated carbocycles. The van der Waals surface area contributed by atoms with Crippen LogP contribution < -0.4 is 0 Å². The van der Waals surface area contributed by atoms with Crippen LogP contribution in [0, 0.1) is 0 Å². The maximum atomic E-state index is 12.9. The number of nitrogens with zero attached hydrogens (tertiary/aromatic N) is 1. The molecule has 2 atom stereocenters. The van der Waals surface area contributed by atoms with E-state index >= 15 is 0 Å². The van der Waals surface area contributed by atoms with Crippen molar-refractivity contribution in [2.75, 3.05) is 47.5 Å². The van der Waals surface area contributed by atoms with Gasteiger partial charge in [0, 0.05) is 12.8 Å². The van der Waals surface area contributed by atoms with E-state index in [1.54, 1.807) is 0 Å². The monoisotopic (exact) mass is 1090 g/mol. The fourth-order valence-electron chi connectivity index (χ4n) is 7.64. The summed E-state index contributed by atoms with van der Waals surface area (Å²) < 4.78 is 22.8. The Labute approximate surface area is 483 Å². The van der Waals surface area contributed by atoms with Crippen molar-refractivity contribution in [3.05, 3.63) is 158 Å². The third-order valence-corrected chi connectivity index (χ3v) is 12.3. The molecular formula is C70H112NO8+. The van der Waals surface area contributed by atoms with Crippen LogP contribution in [0.4, 0.5) is 0 Å². The predicted molar refractivity (Wildman–Crippen MR) is 336 cm³/mol. The van der Waals surface area contributed by atoms with Crippen molar-refractivity contribution in [1.29, 1.82) is 0 Å². The topological polar surface area (TPSA) is 108 Å². The summed E-state index contributed by atoms with van der Waals surface area (Å²) in [4.78, 5) is 37.4. The Hall–Kier alpha value is -5.09. The Morgan fingerprint density at radius 3 is 1.04 bits per heavy atom. The fraction of sp³-hybridized carbons (Fsp3) is 0.586. The number of allylic oxidation sites excluding steroid dienone is 26. The number of ether oxygens (including phenoxy) is 4. The van der Waals surface area contributed by atoms with Gasteiger partial charge in [-0.2, -0.15) is 0 Å². The molecule has 0 bridgehead atoms. The number of quaternary nitrogens is 1. The third kappa shape index (κ3) is 60.4. The van der Waals surface area contributed by atoms with Crippen LogP contribution in [0.5, 0.6) is 0 Å². The standard InChI is InChI=1S/C70H111NO8/c1-6-8-10-12-14-16-18-20-22-23-24-25-26-27-28-29-30-31-32-33-34-35-36-37-38-39-40-41-42-43-44-45-47-49-51-53-55-57-59-61-68(73)79-66(65-78-70(69(74)75)76-63-62-71(3,4)5)64-77-67(72)60-58-56-54-52-50-48-46-21-19-17-15-13-11-9-7-2/h8-11,14-17,20-22,24-25,27-28,30-31,33-34,36-37,39-40,46,50,52,66,70H,6-7,12-13,18-19,23,26,29,32,35,38,41-45,47-49,51,53-65H2,1-5H3/p+1/b10-8-,11-9-,16-14-,17-15-,22-20-,25-24-,28-27-,31-30-,34-33-,37-36-,40-39-,46-21-,52-50-. The summed E-state index contributed by atoms with van der Waals surface area (Å²) in [5, 5.41) is 9.70. The van der Waals surface area contributed by atoms with Crippen molar-refractivity contribution < 1.29 is 42.9 Å². The molecule has 0 fully saturated rings. The van der Waals surface area contributed by atoms with E-state index in [4.69, 9.17) is 18.9 Å². The van der Waals surface area contributed by atoms with Crippen molar-refractivity contribution in [3.8, 4) is 0 Å². The largest absolute Gasteiger partial charge is 0.477 e. The fourth-order valence-corrected chi connectivity index (χ4v) is 7.64. The molecule has 0 aromatic rings. The van der Waals surface area contributed by atoms with Gasteiger partial charge in [0.1, 0.15) is 13.2 Å². The van der Waals surface area contributed by atoms with E-state index in [2.05, 4.69) is 172 Å². The van der Waals surface area contributed by atoms with Crippen LogP contribution in [0.1, 0.15) is 206 Å². The number of carboxylic acids is 1. The first-order valence-electron chi connectivity index (χ1n) is 30.6. The zero-order valence-corrected chi connectivity index (χ0v) is 50.5. The summed E-state index contributed by atoms with van der Waals surface area (Å²) in [6.07, 6.45) is 84.9. The van der Waals surface area contributed by atoms with Gasteiger partial charge in [-0.15, -0.1) is 0 Å². The first kappa shape index (κ1) is 73.9. The highest BCUT2D eigenvalue weighted by Gasteiger charge is 2.25. The van der Waals surface area contributed by atoms with Crippen LogP contribution in [-0.4, -0.2) is 87.4 Å². The van der Waals surface area contributed by atoms with E-state index in [-0.39, 0.29) is 32.7 Å². The number of aliphatic carboxylic acids is 1. The number of hydrogen-bond acceptors (Lipinski definition) is 7. The van der Waals surface area contributed by atoms with Crippen LogP contribution in [0.3, 0.4) is 0 Å². The number of likely N-dealkylation sites (N-methyl/N-ethyl adjacent to an activating group) is 1. The molecule has 0 spiro atoms. The summed E-state index contributed by atoms with van der Waals surface area (Å²) in [7, 11) is 5.94. The molecule has 2 unspecified atom stereocenters. The predicted octanol–water partition coefficient (Wildman–Crippen LogP) is 18.6. The van der Waals surface area contributed by atoms with E-state index in [1.165, 1.54) is 44.9 Å². The highest BCUT2D eigenvalue weighted by molar-refractivity contribution is 5.71. The molecule has 0 aliphatic carbocycles. The van der Waals surface area contributed by atoms with Crippen molar-refractivity contribution >= 4 is 17.9 Å². The molecule has 444 valence electrons. The minimum absolute atomic E-state index is 0.172. The number of rotatable bonds is 54. The first-order chi connectivity index (χ1) is 38.6. The zero-order chi connectivity index (χ0) is 57.6. The number of unbranched alkanes of at least 4 members (excludes halogenated alkanes) is 13. The summed E-state index contributed by atoms with van der Waals surface area (Å²) in [6.45, 7) is 4.57. The summed E-state index contributed by atoms with van der Waals surface area (Å²) in [5.74, 6) is -2.08. The lowest BCUT2D eigenvalue weighted by Gasteiger charge is -2.25. The molecule has 0 rings (SSSR count). The number of esters is 2. The second-order valence-electron chi connectivity index (χ2n) is 20.9. The minimum Gasteiger partial charge on any atom is -0.477 e. The SMILES string of the molecule is CC/C=C\C/C=C\C/C=C\C/C=C\C/C=C\C/C=C\C/C=C\C/C=C\C/C=C\CCCCCCCCCCCCCC(=O)OC(COC(=O)CCCC/C=C\C/C=C\C/C=C\C/C=C\CC)COC(OCC[N+](C)(C)C)C(=O)O. The molecule has 0 aliphatic rings. The number of carboxylic acid groups (broad SMARTS) is 1. The van der Waals surface area contributed by atoms with Gasteiger partial charge in [0.25, 0.3) is 6.29 Å². The molecule has 0 aromatic heterocycles. The number of carbonyl (C=O) groups excluding carboxylic acids is 2. The lowest BCUT2D eigenvalue weighted by molar-refractivity contribution is -0.870. The van der Waals surface area contributed by atoms with Crippen LogP contribution in [-0.2, 0) is 33.3 Å². The van der Waals surface area contributed by atoms with Gasteiger partial charge >= 0.3 is 17.9 Å². The van der Waals surface area contributed by atoms with Crippen LogP contribution in [0.15, 0.2) is 158 Å². The quantitative estimate of drug-likeness (QED) is 0.0211. The van der Waals surface area contributed by atoms with Gasteiger partial charge in [-0.05, 0) is 122 Å². The molecule has 0 aromatic carbocycles. The van der Waals surface area contributed by atoms with E-state index in [1.807, 2.05) is 21.1 Å². The van der Waals surface area contributed by atoms with Crippen LogP contribution in [0.25, 0.3) is 0 Å². The molecule has 0 aliphatic heterocycles. The summed E-state index contributed by atoms with van der Waals surface area (Å²) in [5.41, 5.74) is 0. The molecule has 0 radical (unpaired) electrons. The maximum Gasteiger partial charge on any atom is 0.361 e. The molecule has 1 N–H and O–H groups in total. The highest BCUT2D eigenvalue weighted by Crippen LogP contribution is 2.14. The Morgan fingerprint density at radius 1 is 0.380 bits per heavy atom. The second-order valence-corrected chi connectivity index (χ2v) is 20.9. The smallest absolute Gasteiger partial charge is 0.361 e. The molecule has 0 amide bonds. The van der Waals surface area contributed by atoms with Gasteiger partial charge in [0.15, 0.2) is 6.10 Å². The molecule has 0 saturated heterocycles. The van der Waals surface area contributed by atoms with Gasteiger partial charge in [-0.3, -0.25) is 9.59 Å². The normalized spacial score (nSPS) is 13.9. The zero-order valence-electron chi connectivity index (χ0n) is 50.5. The minimum atomic E-state index is -1.53. The van der Waals surface area contributed by atoms with Crippen LogP contribution in [0.2, 0.25) is 0 Å². The van der Waals surface area contributed by atoms with E-state index in [9.17, 15) is 19.5 Å². The van der Waals surface area contributed by atoms with Gasteiger partial charge in [0.2, 0.25) is 0 Å². The Morgan fingerprint density at radius 2 is 0.684 bits per heavy atom. The average molecular weight is 1100 g/mol. The van der Waals surface area contributed by atoms with E-state index in [0.717, 1.165) is 122 Å². The molecule has 9 nitrogen and oxygen atoms in total. The Balaban J connectivity index is 4.18. The van der Waals surface area contributed by atoms with Crippen molar-refractivity contribution in [1.82, 2.24) is 0 Å². The molecular weight excluding hydrogens is 983 g/mol. The van der Waals surface area contributed by atoms with Crippen molar-refractivity contribution in [3.63, 3.8) is 0 Å². The van der Waals surface area contributed by atoms with Crippen molar-refractivity contribution in [2.24, 2.45) is 0 Å². The number of carbonyl (C=O) groups is 3. The average Bonchev–Trinajstić information content (AvgIpc) is 3.42. The van der Waals surface area contributed by atoms with Gasteiger partial charge < -0.3 is 28.5 Å². The first-order valence-corrected chi connectivity index (χ1v) is 30.6. The second kappa shape index (κ2) is 59.0. The van der Waals surface area contributed by atoms with E-state index in [0.29, 0.717) is 23.9 Å². The Kier molecular flexibility index (Phi) is 55.2. The number of hydrogen-bond donors (Lipinski definition) is 1. The summed E-state index contributed by atoms with van der Waals surface area (Å²) in [6, 6.07) is 0. The third-order valence-electron chi connectivity index (χ3n) is 12.3. The van der Waals surface area contributed by atoms with Gasteiger partial charge in [-0.25, -0.2) is 4.79 Å². The molecule has 0 heterocycles. The molecule has 79 heavy (non-hydrogen) atoms. The van der Waals surface area contributed by atoms with E-state index < -0.39 is 30.3 Å². The van der Waals surface area contributed by atoms with Crippen LogP contribution >= 0.6 is 0 Å². The Bertz CT molecular complexity index is 1850. The lowest BCUT2D eigenvalue weighted by Crippen LogP contribution is -2.40. The lowest BCUT2D eigenvalue weighted by atomic mass is 10.0. The highest BCUT2D eigenvalue weighted by atomic mass is 16.7. The van der Waals surface area contributed by atoms with Crippen molar-refractivity contribution in [2.45, 2.75) is 219 Å². The van der Waals surface area contributed by atoms with Gasteiger partial charge in [0.05, 0.1) is 34.4 Å².